The fourth-order valence-corrected chi connectivity index (χ4v) is 2.69. The van der Waals surface area contributed by atoms with E-state index < -0.39 is 0 Å². The number of carbonyl (C=O) groups is 1. The van der Waals surface area contributed by atoms with Gasteiger partial charge in [0.2, 0.25) is 0 Å². The Kier molecular flexibility index (Phi) is 5.81. The Morgan fingerprint density at radius 1 is 1.12 bits per heavy atom. The van der Waals surface area contributed by atoms with Gasteiger partial charge in [0.05, 0.1) is 11.3 Å². The lowest BCUT2D eigenvalue weighted by Gasteiger charge is -2.05. The standard InChI is InChI=1S/C21H23N3O2/c1-16-9-11-17(12-10-16)20-19(21(25)22-13-6-14-26-2)15-24(23-20)18-7-4-3-5-8-18/h3-5,7-12,15H,6,13-14H2,1-2H3,(H,22,25). The first-order valence-electron chi connectivity index (χ1n) is 8.68. The number of aryl methyl sites for hydroxylation is 1. The van der Waals surface area contributed by atoms with Crippen molar-refractivity contribution in [2.24, 2.45) is 0 Å². The monoisotopic (exact) mass is 349 g/mol. The molecule has 0 bridgehead atoms. The molecule has 1 amide bonds. The molecule has 0 aliphatic heterocycles. The van der Waals surface area contributed by atoms with E-state index in [0.29, 0.717) is 24.4 Å². The molecule has 3 rings (SSSR count). The minimum atomic E-state index is -0.126. The quantitative estimate of drug-likeness (QED) is 0.663. The highest BCUT2D eigenvalue weighted by molar-refractivity contribution is 5.99. The van der Waals surface area contributed by atoms with E-state index in [-0.39, 0.29) is 5.91 Å². The fourth-order valence-electron chi connectivity index (χ4n) is 2.69. The summed E-state index contributed by atoms with van der Waals surface area (Å²) in [5.41, 5.74) is 4.25. The molecule has 0 atom stereocenters. The minimum absolute atomic E-state index is 0.126. The molecule has 0 radical (unpaired) electrons. The van der Waals surface area contributed by atoms with E-state index in [9.17, 15) is 4.79 Å². The fraction of sp³-hybridized carbons (Fsp3) is 0.238. The van der Waals surface area contributed by atoms with Gasteiger partial charge in [0.25, 0.3) is 5.91 Å². The largest absolute Gasteiger partial charge is 0.385 e. The number of amides is 1. The van der Waals surface area contributed by atoms with Crippen LogP contribution in [0, 0.1) is 6.92 Å². The van der Waals surface area contributed by atoms with Gasteiger partial charge >= 0.3 is 0 Å². The Labute approximate surface area is 153 Å². The first-order valence-corrected chi connectivity index (χ1v) is 8.68. The molecule has 134 valence electrons. The summed E-state index contributed by atoms with van der Waals surface area (Å²) in [6.45, 7) is 3.22. The van der Waals surface area contributed by atoms with Crippen LogP contribution in [0.25, 0.3) is 16.9 Å². The molecule has 0 unspecified atom stereocenters. The van der Waals surface area contributed by atoms with E-state index in [1.807, 2.05) is 61.5 Å². The normalized spacial score (nSPS) is 10.7. The number of carbonyl (C=O) groups excluding carboxylic acids is 1. The van der Waals surface area contributed by atoms with Crippen LogP contribution in [0.2, 0.25) is 0 Å². The van der Waals surface area contributed by atoms with Crippen LogP contribution in [0.4, 0.5) is 0 Å². The molecule has 0 aliphatic rings. The summed E-state index contributed by atoms with van der Waals surface area (Å²) in [5, 5.41) is 7.62. The molecule has 0 saturated carbocycles. The summed E-state index contributed by atoms with van der Waals surface area (Å²) in [7, 11) is 1.65. The number of rotatable bonds is 7. The summed E-state index contributed by atoms with van der Waals surface area (Å²) in [6, 6.07) is 17.8. The molecule has 1 heterocycles. The van der Waals surface area contributed by atoms with Gasteiger partial charge in [-0.1, -0.05) is 48.0 Å². The van der Waals surface area contributed by atoms with Gasteiger partial charge in [-0.3, -0.25) is 4.79 Å². The average Bonchev–Trinajstić information content (AvgIpc) is 3.12. The van der Waals surface area contributed by atoms with E-state index in [2.05, 4.69) is 10.4 Å². The number of benzene rings is 2. The number of aromatic nitrogens is 2. The molecule has 0 aliphatic carbocycles. The zero-order valence-electron chi connectivity index (χ0n) is 15.1. The van der Waals surface area contributed by atoms with Crippen molar-refractivity contribution in [2.75, 3.05) is 20.3 Å². The highest BCUT2D eigenvalue weighted by atomic mass is 16.5. The van der Waals surface area contributed by atoms with Crippen LogP contribution in [0.15, 0.2) is 60.8 Å². The van der Waals surface area contributed by atoms with Gasteiger partial charge in [-0.2, -0.15) is 5.10 Å². The smallest absolute Gasteiger partial charge is 0.255 e. The molecule has 0 fully saturated rings. The van der Waals surface area contributed by atoms with Gasteiger partial charge in [0.15, 0.2) is 0 Å². The Morgan fingerprint density at radius 2 is 1.85 bits per heavy atom. The van der Waals surface area contributed by atoms with Crippen LogP contribution in [0.3, 0.4) is 0 Å². The highest BCUT2D eigenvalue weighted by Gasteiger charge is 2.18. The van der Waals surface area contributed by atoms with E-state index in [0.717, 1.165) is 17.7 Å². The molecule has 0 spiro atoms. The second-order valence-corrected chi connectivity index (χ2v) is 6.14. The number of para-hydroxylation sites is 1. The third-order valence-corrected chi connectivity index (χ3v) is 4.12. The van der Waals surface area contributed by atoms with Crippen LogP contribution in [-0.2, 0) is 4.74 Å². The van der Waals surface area contributed by atoms with Crippen molar-refractivity contribution in [2.45, 2.75) is 13.3 Å². The lowest BCUT2D eigenvalue weighted by atomic mass is 10.1. The maximum absolute atomic E-state index is 12.7. The Morgan fingerprint density at radius 3 is 2.54 bits per heavy atom. The molecule has 1 N–H and O–H groups in total. The van der Waals surface area contributed by atoms with Crippen molar-refractivity contribution in [3.05, 3.63) is 71.9 Å². The predicted octanol–water partition coefficient (Wildman–Crippen LogP) is 3.61. The van der Waals surface area contributed by atoms with Crippen molar-refractivity contribution in [1.29, 1.82) is 0 Å². The third-order valence-electron chi connectivity index (χ3n) is 4.12. The van der Waals surface area contributed by atoms with Gasteiger partial charge in [0, 0.05) is 32.0 Å². The summed E-state index contributed by atoms with van der Waals surface area (Å²) < 4.78 is 6.78. The van der Waals surface area contributed by atoms with Crippen molar-refractivity contribution >= 4 is 5.91 Å². The first-order chi connectivity index (χ1) is 12.7. The number of nitrogens with zero attached hydrogens (tertiary/aromatic N) is 2. The van der Waals surface area contributed by atoms with E-state index >= 15 is 0 Å². The summed E-state index contributed by atoms with van der Waals surface area (Å²) >= 11 is 0. The van der Waals surface area contributed by atoms with Gasteiger partial charge in [-0.05, 0) is 25.5 Å². The number of hydrogen-bond acceptors (Lipinski definition) is 3. The molecular weight excluding hydrogens is 326 g/mol. The van der Waals surface area contributed by atoms with E-state index in [4.69, 9.17) is 4.74 Å². The van der Waals surface area contributed by atoms with Crippen molar-refractivity contribution in [3.63, 3.8) is 0 Å². The molecule has 3 aromatic rings. The lowest BCUT2D eigenvalue weighted by molar-refractivity contribution is 0.0949. The second kappa shape index (κ2) is 8.45. The zero-order valence-corrected chi connectivity index (χ0v) is 15.1. The highest BCUT2D eigenvalue weighted by Crippen LogP contribution is 2.24. The Bertz CT molecular complexity index is 855. The van der Waals surface area contributed by atoms with Gasteiger partial charge < -0.3 is 10.1 Å². The topological polar surface area (TPSA) is 56.1 Å². The van der Waals surface area contributed by atoms with Gasteiger partial charge in [-0.25, -0.2) is 4.68 Å². The van der Waals surface area contributed by atoms with Crippen LogP contribution in [0.5, 0.6) is 0 Å². The molecular formula is C21H23N3O2. The Hall–Kier alpha value is -2.92. The minimum Gasteiger partial charge on any atom is -0.385 e. The Balaban J connectivity index is 1.93. The zero-order chi connectivity index (χ0) is 18.4. The number of nitrogens with one attached hydrogen (secondary N) is 1. The SMILES string of the molecule is COCCCNC(=O)c1cn(-c2ccccc2)nc1-c1ccc(C)cc1. The average molecular weight is 349 g/mol. The molecule has 26 heavy (non-hydrogen) atoms. The van der Waals surface area contributed by atoms with Crippen LogP contribution >= 0.6 is 0 Å². The summed E-state index contributed by atoms with van der Waals surface area (Å²) in [5.74, 6) is -0.126. The summed E-state index contributed by atoms with van der Waals surface area (Å²) in [4.78, 5) is 12.7. The molecule has 5 nitrogen and oxygen atoms in total. The second-order valence-electron chi connectivity index (χ2n) is 6.14. The third kappa shape index (κ3) is 4.18. The van der Waals surface area contributed by atoms with Crippen molar-refractivity contribution in [1.82, 2.24) is 15.1 Å². The van der Waals surface area contributed by atoms with E-state index in [1.54, 1.807) is 18.0 Å². The maximum Gasteiger partial charge on any atom is 0.255 e. The molecule has 2 aromatic carbocycles. The van der Waals surface area contributed by atoms with Gasteiger partial charge in [-0.15, -0.1) is 0 Å². The molecule has 0 saturated heterocycles. The van der Waals surface area contributed by atoms with E-state index in [1.165, 1.54) is 5.56 Å². The van der Waals surface area contributed by atoms with Crippen LogP contribution in [0.1, 0.15) is 22.3 Å². The van der Waals surface area contributed by atoms with Crippen LogP contribution < -0.4 is 5.32 Å². The molecule has 1 aromatic heterocycles. The first kappa shape index (κ1) is 17.9. The van der Waals surface area contributed by atoms with Crippen LogP contribution in [-0.4, -0.2) is 35.9 Å². The predicted molar refractivity (Wildman–Crippen MR) is 103 cm³/mol. The van der Waals surface area contributed by atoms with Gasteiger partial charge in [0.1, 0.15) is 5.69 Å². The number of hydrogen-bond donors (Lipinski definition) is 1. The summed E-state index contributed by atoms with van der Waals surface area (Å²) in [6.07, 6.45) is 2.56. The number of ether oxygens (including phenoxy) is 1. The molecule has 5 heteroatoms. The lowest BCUT2D eigenvalue weighted by Crippen LogP contribution is -2.25. The van der Waals surface area contributed by atoms with Crippen molar-refractivity contribution < 1.29 is 9.53 Å². The maximum atomic E-state index is 12.7. The van der Waals surface area contributed by atoms with Crippen molar-refractivity contribution in [3.8, 4) is 16.9 Å². The number of methoxy groups -OCH3 is 1.